The van der Waals surface area contributed by atoms with Gasteiger partial charge in [-0.2, -0.15) is 0 Å². The number of rotatable bonds is 3. The summed E-state index contributed by atoms with van der Waals surface area (Å²) >= 11 is 3.06. The molecule has 0 saturated heterocycles. The minimum Gasteiger partial charge on any atom is -0.478 e. The van der Waals surface area contributed by atoms with Crippen LogP contribution in [0.15, 0.2) is 34.9 Å². The minimum atomic E-state index is -1.05. The summed E-state index contributed by atoms with van der Waals surface area (Å²) in [6.07, 6.45) is 1.21. The SMILES string of the molecule is Cc1cc(C(=O)O)cnc1Oc1ccc(F)c(Br)c1. The zero-order valence-corrected chi connectivity index (χ0v) is 11.4. The summed E-state index contributed by atoms with van der Waals surface area (Å²) in [4.78, 5) is 14.7. The lowest BCUT2D eigenvalue weighted by Gasteiger charge is -2.08. The van der Waals surface area contributed by atoms with Crippen LogP contribution in [0.2, 0.25) is 0 Å². The number of hydrogen-bond donors (Lipinski definition) is 1. The second kappa shape index (κ2) is 5.36. The Morgan fingerprint density at radius 2 is 2.16 bits per heavy atom. The molecular formula is C13H9BrFNO3. The first-order chi connectivity index (χ1) is 8.97. The molecule has 0 radical (unpaired) electrons. The molecule has 0 aliphatic heterocycles. The van der Waals surface area contributed by atoms with E-state index in [9.17, 15) is 9.18 Å². The molecule has 0 aliphatic carbocycles. The molecule has 0 aliphatic rings. The Balaban J connectivity index is 2.28. The van der Waals surface area contributed by atoms with Gasteiger partial charge in [-0.3, -0.25) is 0 Å². The summed E-state index contributed by atoms with van der Waals surface area (Å²) in [5.74, 6) is -0.750. The van der Waals surface area contributed by atoms with Crippen molar-refractivity contribution in [2.75, 3.05) is 0 Å². The van der Waals surface area contributed by atoms with E-state index >= 15 is 0 Å². The summed E-state index contributed by atoms with van der Waals surface area (Å²) in [5.41, 5.74) is 0.672. The van der Waals surface area contributed by atoms with Gasteiger partial charge in [-0.15, -0.1) is 0 Å². The van der Waals surface area contributed by atoms with Crippen LogP contribution in [0.1, 0.15) is 15.9 Å². The van der Waals surface area contributed by atoms with E-state index in [0.717, 1.165) is 0 Å². The van der Waals surface area contributed by atoms with Gasteiger partial charge in [-0.1, -0.05) is 0 Å². The summed E-state index contributed by atoms with van der Waals surface area (Å²) < 4.78 is 18.8. The van der Waals surface area contributed by atoms with E-state index in [1.165, 1.54) is 30.5 Å². The molecule has 0 fully saturated rings. The van der Waals surface area contributed by atoms with Gasteiger partial charge in [0.15, 0.2) is 0 Å². The van der Waals surface area contributed by atoms with Crippen LogP contribution in [0.25, 0.3) is 0 Å². The van der Waals surface area contributed by atoms with Crippen molar-refractivity contribution in [3.8, 4) is 11.6 Å². The molecule has 0 saturated carbocycles. The second-order valence-corrected chi connectivity index (χ2v) is 4.68. The van der Waals surface area contributed by atoms with E-state index in [2.05, 4.69) is 20.9 Å². The summed E-state index contributed by atoms with van der Waals surface area (Å²) in [5, 5.41) is 8.83. The Morgan fingerprint density at radius 1 is 1.42 bits per heavy atom. The van der Waals surface area contributed by atoms with E-state index in [1.54, 1.807) is 6.92 Å². The van der Waals surface area contributed by atoms with Gasteiger partial charge >= 0.3 is 5.97 Å². The summed E-state index contributed by atoms with van der Waals surface area (Å²) in [7, 11) is 0. The number of halogens is 2. The zero-order valence-electron chi connectivity index (χ0n) is 9.85. The molecule has 1 heterocycles. The number of aromatic nitrogens is 1. The van der Waals surface area contributed by atoms with Crippen molar-refractivity contribution in [3.05, 3.63) is 51.9 Å². The standard InChI is InChI=1S/C13H9BrFNO3/c1-7-4-8(13(17)18)6-16-12(7)19-9-2-3-11(15)10(14)5-9/h2-6H,1H3,(H,17,18). The van der Waals surface area contributed by atoms with Gasteiger partial charge in [0, 0.05) is 11.8 Å². The third-order valence-corrected chi connectivity index (χ3v) is 2.99. The lowest BCUT2D eigenvalue weighted by atomic mass is 10.2. The Bertz CT molecular complexity index is 646. The van der Waals surface area contributed by atoms with Crippen molar-refractivity contribution in [1.29, 1.82) is 0 Å². The Kier molecular flexibility index (Phi) is 3.80. The average Bonchev–Trinajstić information content (AvgIpc) is 2.36. The van der Waals surface area contributed by atoms with E-state index < -0.39 is 11.8 Å². The Morgan fingerprint density at radius 3 is 2.74 bits per heavy atom. The highest BCUT2D eigenvalue weighted by atomic mass is 79.9. The van der Waals surface area contributed by atoms with Gasteiger partial charge < -0.3 is 9.84 Å². The number of carbonyl (C=O) groups is 1. The summed E-state index contributed by atoms with van der Waals surface area (Å²) in [6, 6.07) is 5.66. The topological polar surface area (TPSA) is 59.4 Å². The molecule has 0 unspecified atom stereocenters. The molecule has 2 aromatic rings. The van der Waals surface area contributed by atoms with E-state index in [0.29, 0.717) is 11.3 Å². The van der Waals surface area contributed by atoms with Gasteiger partial charge in [0.25, 0.3) is 0 Å². The maximum atomic E-state index is 13.1. The van der Waals surface area contributed by atoms with Crippen LogP contribution in [0.5, 0.6) is 11.6 Å². The predicted molar refractivity (Wildman–Crippen MR) is 70.1 cm³/mol. The third-order valence-electron chi connectivity index (χ3n) is 2.38. The first-order valence-corrected chi connectivity index (χ1v) is 6.09. The first kappa shape index (κ1) is 13.5. The van der Waals surface area contributed by atoms with Crippen LogP contribution in [0.3, 0.4) is 0 Å². The third kappa shape index (κ3) is 3.08. The lowest BCUT2D eigenvalue weighted by molar-refractivity contribution is 0.0696. The highest BCUT2D eigenvalue weighted by molar-refractivity contribution is 9.10. The highest BCUT2D eigenvalue weighted by Gasteiger charge is 2.09. The average molecular weight is 326 g/mol. The van der Waals surface area contributed by atoms with E-state index in [1.807, 2.05) is 0 Å². The van der Waals surface area contributed by atoms with Gasteiger partial charge in [-0.05, 0) is 47.1 Å². The van der Waals surface area contributed by atoms with Gasteiger partial charge in [0.05, 0.1) is 10.0 Å². The number of ether oxygens (including phenoxy) is 1. The van der Waals surface area contributed by atoms with Crippen LogP contribution in [-0.4, -0.2) is 16.1 Å². The fourth-order valence-corrected chi connectivity index (χ4v) is 1.80. The predicted octanol–water partition coefficient (Wildman–Crippen LogP) is 3.78. The molecule has 0 bridgehead atoms. The monoisotopic (exact) mass is 325 g/mol. The van der Waals surface area contributed by atoms with Crippen LogP contribution >= 0.6 is 15.9 Å². The number of aromatic carboxylic acids is 1. The molecule has 2 rings (SSSR count). The van der Waals surface area contributed by atoms with Crippen LogP contribution in [0, 0.1) is 12.7 Å². The fraction of sp³-hybridized carbons (Fsp3) is 0.0769. The van der Waals surface area contributed by atoms with Crippen molar-refractivity contribution >= 4 is 21.9 Å². The second-order valence-electron chi connectivity index (χ2n) is 3.83. The number of carboxylic acid groups (broad SMARTS) is 1. The first-order valence-electron chi connectivity index (χ1n) is 5.30. The largest absolute Gasteiger partial charge is 0.478 e. The van der Waals surface area contributed by atoms with E-state index in [4.69, 9.17) is 9.84 Å². The molecule has 6 heteroatoms. The maximum Gasteiger partial charge on any atom is 0.337 e. The van der Waals surface area contributed by atoms with Crippen LogP contribution in [0.4, 0.5) is 4.39 Å². The lowest BCUT2D eigenvalue weighted by Crippen LogP contribution is -2.00. The minimum absolute atomic E-state index is 0.0881. The smallest absolute Gasteiger partial charge is 0.337 e. The van der Waals surface area contributed by atoms with Crippen molar-refractivity contribution in [1.82, 2.24) is 4.98 Å². The molecule has 4 nitrogen and oxygen atoms in total. The molecule has 1 aromatic carbocycles. The Hall–Kier alpha value is -1.95. The number of carboxylic acids is 1. The fourth-order valence-electron chi connectivity index (χ4n) is 1.44. The number of nitrogens with zero attached hydrogens (tertiary/aromatic N) is 1. The van der Waals surface area contributed by atoms with Crippen molar-refractivity contribution in [2.24, 2.45) is 0 Å². The number of hydrogen-bond acceptors (Lipinski definition) is 3. The molecular weight excluding hydrogens is 317 g/mol. The van der Waals surface area contributed by atoms with Gasteiger partial charge in [-0.25, -0.2) is 14.2 Å². The molecule has 1 aromatic heterocycles. The van der Waals surface area contributed by atoms with Crippen molar-refractivity contribution in [2.45, 2.75) is 6.92 Å². The Labute approximate surface area is 117 Å². The number of benzene rings is 1. The molecule has 1 N–H and O–H groups in total. The number of aryl methyl sites for hydroxylation is 1. The molecule has 19 heavy (non-hydrogen) atoms. The zero-order chi connectivity index (χ0) is 14.0. The van der Waals surface area contributed by atoms with Crippen molar-refractivity contribution in [3.63, 3.8) is 0 Å². The normalized spacial score (nSPS) is 10.3. The molecule has 0 spiro atoms. The van der Waals surface area contributed by atoms with Crippen LogP contribution < -0.4 is 4.74 Å². The van der Waals surface area contributed by atoms with Crippen molar-refractivity contribution < 1.29 is 19.0 Å². The summed E-state index contributed by atoms with van der Waals surface area (Å²) in [6.45, 7) is 1.69. The number of pyridine rings is 1. The van der Waals surface area contributed by atoms with E-state index in [-0.39, 0.29) is 15.9 Å². The molecule has 0 amide bonds. The quantitative estimate of drug-likeness (QED) is 0.932. The molecule has 0 atom stereocenters. The van der Waals surface area contributed by atoms with Gasteiger partial charge in [0.2, 0.25) is 5.88 Å². The highest BCUT2D eigenvalue weighted by Crippen LogP contribution is 2.27. The maximum absolute atomic E-state index is 13.1. The van der Waals surface area contributed by atoms with Crippen LogP contribution in [-0.2, 0) is 0 Å². The van der Waals surface area contributed by atoms with Gasteiger partial charge in [0.1, 0.15) is 11.6 Å². The molecule has 98 valence electrons.